The highest BCUT2D eigenvalue weighted by atomic mass is 19.1. The van der Waals surface area contributed by atoms with Crippen LogP contribution in [-0.2, 0) is 17.6 Å². The lowest BCUT2D eigenvalue weighted by Gasteiger charge is -2.21. The molecule has 2 amide bonds. The molecule has 2 aliphatic rings. The van der Waals surface area contributed by atoms with E-state index in [-0.39, 0.29) is 17.4 Å². The molecule has 0 saturated carbocycles. The summed E-state index contributed by atoms with van der Waals surface area (Å²) >= 11 is 0. The van der Waals surface area contributed by atoms with Crippen LogP contribution in [0.2, 0.25) is 0 Å². The van der Waals surface area contributed by atoms with E-state index >= 15 is 0 Å². The third-order valence-electron chi connectivity index (χ3n) is 6.69. The number of nitrogens with zero attached hydrogens (tertiary/aromatic N) is 4. The molecule has 3 heterocycles. The van der Waals surface area contributed by atoms with Crippen molar-refractivity contribution >= 4 is 46.5 Å². The maximum Gasteiger partial charge on any atom is 0.256 e. The summed E-state index contributed by atoms with van der Waals surface area (Å²) in [5.41, 5.74) is 3.46. The monoisotopic (exact) mass is 534 g/mol. The Kier molecular flexibility index (Phi) is 7.20. The fourth-order valence-electron chi connectivity index (χ4n) is 4.86. The van der Waals surface area contributed by atoms with Crippen LogP contribution in [0.5, 0.6) is 5.75 Å². The maximum atomic E-state index is 14.6. The van der Waals surface area contributed by atoms with Gasteiger partial charge in [-0.2, -0.15) is 9.97 Å². The predicted molar refractivity (Wildman–Crippen MR) is 148 cm³/mol. The molecule has 39 heavy (non-hydrogen) atoms. The topological polar surface area (TPSA) is 124 Å². The molecule has 11 nitrogen and oxygen atoms in total. The van der Waals surface area contributed by atoms with Crippen LogP contribution in [0.15, 0.2) is 30.3 Å². The van der Waals surface area contributed by atoms with E-state index < -0.39 is 11.7 Å². The van der Waals surface area contributed by atoms with Gasteiger partial charge in [-0.1, -0.05) is 6.07 Å². The van der Waals surface area contributed by atoms with Gasteiger partial charge in [0.25, 0.3) is 5.91 Å². The Morgan fingerprint density at radius 3 is 2.72 bits per heavy atom. The molecule has 12 heteroatoms. The second-order valence-electron chi connectivity index (χ2n) is 9.61. The summed E-state index contributed by atoms with van der Waals surface area (Å²) in [6.07, 6.45) is 1.40. The summed E-state index contributed by atoms with van der Waals surface area (Å²) in [4.78, 5) is 38.2. The normalized spacial score (nSPS) is 13.5. The minimum absolute atomic E-state index is 0.0151. The van der Waals surface area contributed by atoms with Crippen molar-refractivity contribution in [3.63, 3.8) is 0 Å². The summed E-state index contributed by atoms with van der Waals surface area (Å²) in [5, 5.41) is 12.1. The zero-order valence-electron chi connectivity index (χ0n) is 22.3. The average Bonchev–Trinajstić information content (AvgIpc) is 3.54. The molecule has 204 valence electrons. The predicted octanol–water partition coefficient (Wildman–Crippen LogP) is 2.89. The molecular weight excluding hydrogens is 503 g/mol. The molecule has 1 aromatic heterocycles. The summed E-state index contributed by atoms with van der Waals surface area (Å²) in [6, 6.07) is 8.19. The van der Waals surface area contributed by atoms with Crippen LogP contribution in [-0.4, -0.2) is 74.6 Å². The van der Waals surface area contributed by atoms with Gasteiger partial charge in [0.1, 0.15) is 23.2 Å². The van der Waals surface area contributed by atoms with Crippen LogP contribution in [0.25, 0.3) is 0 Å². The molecule has 0 atom stereocenters. The molecule has 0 aliphatic carbocycles. The first-order chi connectivity index (χ1) is 18.8. The third-order valence-corrected chi connectivity index (χ3v) is 6.69. The van der Waals surface area contributed by atoms with Gasteiger partial charge in [0.2, 0.25) is 11.9 Å². The number of rotatable bonds is 8. The number of carbonyl (C=O) groups is 2. The Bertz CT molecular complexity index is 1450. The van der Waals surface area contributed by atoms with Crippen molar-refractivity contribution in [3.05, 3.63) is 52.8 Å². The smallest absolute Gasteiger partial charge is 0.256 e. The van der Waals surface area contributed by atoms with Gasteiger partial charge in [-0.15, -0.1) is 0 Å². The quantitative estimate of drug-likeness (QED) is 0.345. The van der Waals surface area contributed by atoms with E-state index in [0.717, 1.165) is 23.2 Å². The van der Waals surface area contributed by atoms with E-state index in [2.05, 4.69) is 31.2 Å². The van der Waals surface area contributed by atoms with Crippen LogP contribution in [0, 0.1) is 5.82 Å². The van der Waals surface area contributed by atoms with Crippen molar-refractivity contribution in [3.8, 4) is 5.75 Å². The first-order valence-corrected chi connectivity index (χ1v) is 12.6. The van der Waals surface area contributed by atoms with Crippen LogP contribution in [0.4, 0.5) is 39.0 Å². The molecule has 0 radical (unpaired) electrons. The summed E-state index contributed by atoms with van der Waals surface area (Å²) in [7, 11) is 6.76. The van der Waals surface area contributed by atoms with Crippen molar-refractivity contribution < 1.29 is 18.7 Å². The van der Waals surface area contributed by atoms with Crippen LogP contribution in [0.3, 0.4) is 0 Å². The summed E-state index contributed by atoms with van der Waals surface area (Å²) in [5.74, 6) is 0.773. The minimum Gasteiger partial charge on any atom is -0.495 e. The Balaban J connectivity index is 1.50. The molecule has 2 aliphatic heterocycles. The highest BCUT2D eigenvalue weighted by Gasteiger charge is 2.28. The van der Waals surface area contributed by atoms with Crippen LogP contribution < -0.4 is 30.9 Å². The number of likely N-dealkylation sites (N-methyl/N-ethyl adjacent to an activating group) is 1. The molecule has 0 saturated heterocycles. The largest absolute Gasteiger partial charge is 0.495 e. The number of halogens is 1. The van der Waals surface area contributed by atoms with Crippen molar-refractivity contribution in [1.82, 2.24) is 20.2 Å². The average molecular weight is 535 g/mol. The zero-order chi connectivity index (χ0) is 27.7. The number of ether oxygens (including phenoxy) is 1. The van der Waals surface area contributed by atoms with E-state index in [4.69, 9.17) is 4.74 Å². The lowest BCUT2D eigenvalue weighted by Crippen LogP contribution is -2.36. The number of nitrogens with one attached hydrogen (secondary N) is 4. The molecular formula is C27H31FN8O3. The second kappa shape index (κ2) is 10.7. The fraction of sp³-hybridized carbons (Fsp3) is 0.333. The molecule has 0 spiro atoms. The molecule has 0 fully saturated rings. The van der Waals surface area contributed by atoms with Gasteiger partial charge in [-0.25, -0.2) is 4.39 Å². The Hall–Kier alpha value is -4.45. The second-order valence-corrected chi connectivity index (χ2v) is 9.61. The SMILES string of the molecule is CNC(=O)c1c(F)cccc1Nc1nc(Nc2cc3c(cc2OC)CCN3C(=O)CN(C)C)nc2c1CCN2. The van der Waals surface area contributed by atoms with Gasteiger partial charge in [-0.05, 0) is 56.8 Å². The van der Waals surface area contributed by atoms with Crippen molar-refractivity contribution in [1.29, 1.82) is 0 Å². The zero-order valence-corrected chi connectivity index (χ0v) is 22.3. The molecule has 4 N–H and O–H groups in total. The minimum atomic E-state index is -0.641. The molecule has 5 rings (SSSR count). The maximum absolute atomic E-state index is 14.6. The van der Waals surface area contributed by atoms with E-state index in [1.54, 1.807) is 18.1 Å². The van der Waals surface area contributed by atoms with E-state index in [1.807, 2.05) is 31.1 Å². The number of benzene rings is 2. The lowest BCUT2D eigenvalue weighted by molar-refractivity contribution is -0.119. The van der Waals surface area contributed by atoms with E-state index in [0.29, 0.717) is 54.8 Å². The number of carbonyl (C=O) groups excluding carboxylic acids is 2. The van der Waals surface area contributed by atoms with Crippen molar-refractivity contribution in [2.75, 3.05) is 68.7 Å². The van der Waals surface area contributed by atoms with Gasteiger partial charge >= 0.3 is 0 Å². The number of fused-ring (bicyclic) bond motifs is 2. The number of hydrogen-bond donors (Lipinski definition) is 4. The molecule has 2 aromatic carbocycles. The fourth-order valence-corrected chi connectivity index (χ4v) is 4.86. The number of aromatic nitrogens is 2. The molecule has 3 aromatic rings. The first kappa shape index (κ1) is 26.2. The van der Waals surface area contributed by atoms with E-state index in [1.165, 1.54) is 19.2 Å². The van der Waals surface area contributed by atoms with Crippen LogP contribution in [0.1, 0.15) is 21.5 Å². The number of methoxy groups -OCH3 is 1. The Morgan fingerprint density at radius 1 is 1.15 bits per heavy atom. The number of hydrogen-bond acceptors (Lipinski definition) is 9. The van der Waals surface area contributed by atoms with Crippen molar-refractivity contribution in [2.24, 2.45) is 0 Å². The third kappa shape index (κ3) is 5.15. The summed E-state index contributed by atoms with van der Waals surface area (Å²) < 4.78 is 20.2. The van der Waals surface area contributed by atoms with Crippen molar-refractivity contribution in [2.45, 2.75) is 12.8 Å². The first-order valence-electron chi connectivity index (χ1n) is 12.6. The Morgan fingerprint density at radius 2 is 1.97 bits per heavy atom. The molecule has 0 unspecified atom stereocenters. The highest BCUT2D eigenvalue weighted by Crippen LogP contribution is 2.39. The van der Waals surface area contributed by atoms with Gasteiger partial charge in [0.15, 0.2) is 0 Å². The van der Waals surface area contributed by atoms with Gasteiger partial charge < -0.3 is 35.8 Å². The standard InChI is InChI=1S/C27H31FN8O3/c1-29-26(38)23-17(28)6-5-7-18(23)31-25-16-8-10-30-24(16)33-27(34-25)32-19-13-20-15(12-21(19)39-4)9-11-36(20)22(37)14-35(2)3/h5-7,12-13H,8-11,14H2,1-4H3,(H,29,38)(H3,30,31,32,33,34). The van der Waals surface area contributed by atoms with Gasteiger partial charge in [-0.3, -0.25) is 9.59 Å². The number of amides is 2. The lowest BCUT2D eigenvalue weighted by atomic mass is 10.1. The molecule has 0 bridgehead atoms. The number of anilines is 6. The van der Waals surface area contributed by atoms with Gasteiger partial charge in [0.05, 0.1) is 30.6 Å². The highest BCUT2D eigenvalue weighted by molar-refractivity contribution is 6.00. The van der Waals surface area contributed by atoms with E-state index in [9.17, 15) is 14.0 Å². The van der Waals surface area contributed by atoms with Crippen LogP contribution >= 0.6 is 0 Å². The Labute approximate surface area is 225 Å². The van der Waals surface area contributed by atoms with Gasteiger partial charge in [0, 0.05) is 31.4 Å². The summed E-state index contributed by atoms with van der Waals surface area (Å²) in [6.45, 7) is 1.57.